The number of carboxylic acid groups (broad SMARTS) is 1. The molecule has 0 spiro atoms. The van der Waals surface area contributed by atoms with Crippen molar-refractivity contribution in [3.8, 4) is 0 Å². The maximum Gasteiger partial charge on any atom is 0.338 e. The third-order valence-electron chi connectivity index (χ3n) is 5.52. The van der Waals surface area contributed by atoms with Crippen molar-refractivity contribution < 1.29 is 18.3 Å². The van der Waals surface area contributed by atoms with Crippen molar-refractivity contribution in [1.29, 1.82) is 0 Å². The van der Waals surface area contributed by atoms with Crippen LogP contribution in [0, 0.1) is 0 Å². The van der Waals surface area contributed by atoms with Crippen LogP contribution in [0.3, 0.4) is 0 Å². The number of hydrogen-bond acceptors (Lipinski definition) is 5. The summed E-state index contributed by atoms with van der Waals surface area (Å²) in [5.74, 6) is -1.11. The van der Waals surface area contributed by atoms with E-state index in [0.29, 0.717) is 18.7 Å². The summed E-state index contributed by atoms with van der Waals surface area (Å²) in [6.07, 6.45) is 5.30. The second-order valence-corrected chi connectivity index (χ2v) is 9.83. The molecule has 8 heteroatoms. The zero-order valence-corrected chi connectivity index (χ0v) is 19.0. The van der Waals surface area contributed by atoms with Gasteiger partial charge in [0, 0.05) is 6.54 Å². The Balaban J connectivity index is 1.90. The largest absolute Gasteiger partial charge is 0.478 e. The Morgan fingerprint density at radius 2 is 1.77 bits per heavy atom. The number of sulfonamides is 1. The van der Waals surface area contributed by atoms with Gasteiger partial charge in [-0.05, 0) is 82.1 Å². The smallest absolute Gasteiger partial charge is 0.338 e. The van der Waals surface area contributed by atoms with E-state index in [1.165, 1.54) is 6.07 Å². The second-order valence-electron chi connectivity index (χ2n) is 8.18. The molecular weight excluding hydrogens is 414 g/mol. The quantitative estimate of drug-likeness (QED) is 0.401. The van der Waals surface area contributed by atoms with Crippen molar-refractivity contribution in [2.45, 2.75) is 43.4 Å². The van der Waals surface area contributed by atoms with E-state index in [1.807, 2.05) is 20.2 Å². The molecule has 0 bridgehead atoms. The van der Waals surface area contributed by atoms with Crippen LogP contribution in [-0.2, 0) is 22.9 Å². The maximum absolute atomic E-state index is 13.2. The van der Waals surface area contributed by atoms with Gasteiger partial charge in [0.1, 0.15) is 4.90 Å². The predicted octanol–water partition coefficient (Wildman–Crippen LogP) is 3.82. The third kappa shape index (κ3) is 5.77. The van der Waals surface area contributed by atoms with Gasteiger partial charge in [0.25, 0.3) is 10.0 Å². The highest BCUT2D eigenvalue weighted by molar-refractivity contribution is 7.92. The first-order chi connectivity index (χ1) is 14.8. The zero-order chi connectivity index (χ0) is 22.4. The first-order valence-electron chi connectivity index (χ1n) is 10.7. The van der Waals surface area contributed by atoms with Gasteiger partial charge in [0.2, 0.25) is 0 Å². The summed E-state index contributed by atoms with van der Waals surface area (Å²) >= 11 is 0. The number of carboxylic acids is 1. The molecule has 0 amide bonds. The summed E-state index contributed by atoms with van der Waals surface area (Å²) in [6.45, 7) is 1.52. The topological polar surface area (TPSA) is 98.7 Å². The molecule has 7 nitrogen and oxygen atoms in total. The average Bonchev–Trinajstić information content (AvgIpc) is 2.96. The van der Waals surface area contributed by atoms with Crippen LogP contribution < -0.4 is 10.0 Å². The van der Waals surface area contributed by atoms with Crippen molar-refractivity contribution in [3.05, 3.63) is 53.1 Å². The van der Waals surface area contributed by atoms with Crippen molar-refractivity contribution in [3.63, 3.8) is 0 Å². The molecule has 3 rings (SSSR count). The maximum atomic E-state index is 13.2. The summed E-state index contributed by atoms with van der Waals surface area (Å²) in [5, 5.41) is 13.1. The highest BCUT2D eigenvalue weighted by Crippen LogP contribution is 2.31. The minimum atomic E-state index is -3.98. The number of benzene rings is 2. The molecule has 0 radical (unpaired) electrons. The van der Waals surface area contributed by atoms with Crippen LogP contribution in [0.15, 0.2) is 41.3 Å². The van der Waals surface area contributed by atoms with Crippen molar-refractivity contribution in [2.75, 3.05) is 37.2 Å². The summed E-state index contributed by atoms with van der Waals surface area (Å²) in [6, 6.07) is 10.1. The molecule has 0 saturated heterocycles. The third-order valence-corrected chi connectivity index (χ3v) is 6.94. The lowest BCUT2D eigenvalue weighted by atomic mass is 9.96. The molecule has 3 N–H and O–H groups in total. The Hall–Kier alpha value is -2.58. The highest BCUT2D eigenvalue weighted by Gasteiger charge is 2.25. The number of hydrogen-bond donors (Lipinski definition) is 3. The zero-order valence-electron chi connectivity index (χ0n) is 18.1. The Morgan fingerprint density at radius 1 is 1.03 bits per heavy atom. The van der Waals surface area contributed by atoms with Gasteiger partial charge in [0.05, 0.1) is 16.9 Å². The molecule has 0 aromatic heterocycles. The van der Waals surface area contributed by atoms with Crippen LogP contribution in [0.2, 0.25) is 0 Å². The number of nitrogens with one attached hydrogen (secondary N) is 2. The first kappa shape index (κ1) is 23.1. The van der Waals surface area contributed by atoms with E-state index in [2.05, 4.69) is 14.9 Å². The standard InChI is InChI=1S/C23H31N3O4S/c1-26(2)16-8-15-24-19-11-6-7-12-21(19)31(29,30)25-20-14-13-17-9-4-3-5-10-18(17)22(20)23(27)28/h6-7,11-14,24-25H,3-5,8-10,15-16H2,1-2H3,(H,27,28). The predicted molar refractivity (Wildman–Crippen MR) is 124 cm³/mol. The lowest BCUT2D eigenvalue weighted by Gasteiger charge is -2.18. The fraction of sp³-hybridized carbons (Fsp3) is 0.435. The number of anilines is 2. The van der Waals surface area contributed by atoms with Crippen LogP contribution in [0.5, 0.6) is 0 Å². The number of aryl methyl sites for hydroxylation is 1. The molecular formula is C23H31N3O4S. The SMILES string of the molecule is CN(C)CCCNc1ccccc1S(=O)(=O)Nc1ccc2c(c1C(=O)O)CCCCC2. The van der Waals surface area contributed by atoms with E-state index >= 15 is 0 Å². The van der Waals surface area contributed by atoms with Gasteiger partial charge in [0.15, 0.2) is 0 Å². The van der Waals surface area contributed by atoms with Crippen LogP contribution in [0.4, 0.5) is 11.4 Å². The van der Waals surface area contributed by atoms with Crippen molar-refractivity contribution in [1.82, 2.24) is 4.90 Å². The average molecular weight is 446 g/mol. The normalized spacial score (nSPS) is 14.0. The lowest BCUT2D eigenvalue weighted by Crippen LogP contribution is -2.20. The fourth-order valence-corrected chi connectivity index (χ4v) is 5.26. The Kier molecular flexibility index (Phi) is 7.56. The van der Waals surface area contributed by atoms with E-state index in [4.69, 9.17) is 0 Å². The number of rotatable bonds is 9. The molecule has 31 heavy (non-hydrogen) atoms. The summed E-state index contributed by atoms with van der Waals surface area (Å²) in [5.41, 5.74) is 2.44. The first-order valence-corrected chi connectivity index (χ1v) is 12.2. The number of para-hydroxylation sites is 1. The number of aromatic carboxylic acids is 1. The Bertz CT molecular complexity index is 1040. The molecule has 2 aromatic carbocycles. The van der Waals surface area contributed by atoms with Gasteiger partial charge in [-0.3, -0.25) is 4.72 Å². The molecule has 0 aliphatic heterocycles. The molecule has 0 unspecified atom stereocenters. The molecule has 1 aliphatic carbocycles. The van der Waals surface area contributed by atoms with Gasteiger partial charge in [-0.15, -0.1) is 0 Å². The number of nitrogens with zero attached hydrogens (tertiary/aromatic N) is 1. The summed E-state index contributed by atoms with van der Waals surface area (Å²) in [4.78, 5) is 14.2. The highest BCUT2D eigenvalue weighted by atomic mass is 32.2. The summed E-state index contributed by atoms with van der Waals surface area (Å²) in [7, 11) is 0.00263. The van der Waals surface area contributed by atoms with Crippen molar-refractivity contribution >= 4 is 27.4 Å². The molecule has 0 fully saturated rings. The van der Waals surface area contributed by atoms with Gasteiger partial charge < -0.3 is 15.3 Å². The van der Waals surface area contributed by atoms with Crippen molar-refractivity contribution in [2.24, 2.45) is 0 Å². The van der Waals surface area contributed by atoms with Gasteiger partial charge >= 0.3 is 5.97 Å². The van der Waals surface area contributed by atoms with Crippen LogP contribution >= 0.6 is 0 Å². The minimum Gasteiger partial charge on any atom is -0.478 e. The van der Waals surface area contributed by atoms with E-state index < -0.39 is 16.0 Å². The lowest BCUT2D eigenvalue weighted by molar-refractivity contribution is 0.0696. The molecule has 2 aromatic rings. The number of carbonyl (C=O) groups is 1. The van der Waals surface area contributed by atoms with Crippen LogP contribution in [0.1, 0.15) is 47.2 Å². The van der Waals surface area contributed by atoms with Gasteiger partial charge in [-0.25, -0.2) is 13.2 Å². The van der Waals surface area contributed by atoms with Crippen LogP contribution in [-0.4, -0.2) is 51.6 Å². The Morgan fingerprint density at radius 3 is 2.52 bits per heavy atom. The Labute approximate surface area is 184 Å². The van der Waals surface area contributed by atoms with Crippen LogP contribution in [0.25, 0.3) is 0 Å². The minimum absolute atomic E-state index is 0.0689. The van der Waals surface area contributed by atoms with Gasteiger partial charge in [-0.1, -0.05) is 24.6 Å². The monoisotopic (exact) mass is 445 g/mol. The van der Waals surface area contributed by atoms with Gasteiger partial charge in [-0.2, -0.15) is 0 Å². The van der Waals surface area contributed by atoms with E-state index in [0.717, 1.165) is 49.8 Å². The van der Waals surface area contributed by atoms with E-state index in [1.54, 1.807) is 24.3 Å². The number of fused-ring (bicyclic) bond motifs is 1. The van der Waals surface area contributed by atoms with E-state index in [-0.39, 0.29) is 16.1 Å². The molecule has 0 saturated carbocycles. The fourth-order valence-electron chi connectivity index (χ4n) is 4.00. The van der Waals surface area contributed by atoms with E-state index in [9.17, 15) is 18.3 Å². The second kappa shape index (κ2) is 10.2. The molecule has 0 atom stereocenters. The summed E-state index contributed by atoms with van der Waals surface area (Å²) < 4.78 is 29.0. The molecule has 0 heterocycles. The molecule has 1 aliphatic rings. The molecule has 168 valence electrons.